The number of allylic oxidation sites excluding steroid dienone is 2. The number of hydrogen-bond donors (Lipinski definition) is 4. The van der Waals surface area contributed by atoms with E-state index in [1.165, 1.54) is 29.7 Å². The largest absolute Gasteiger partial charge is 0.495 e. The van der Waals surface area contributed by atoms with Crippen molar-refractivity contribution in [2.24, 2.45) is 0 Å². The van der Waals surface area contributed by atoms with E-state index in [-0.39, 0.29) is 28.5 Å². The molecule has 1 heterocycles. The van der Waals surface area contributed by atoms with Crippen LogP contribution in [0.3, 0.4) is 0 Å². The topological polar surface area (TPSA) is 141 Å². The number of anilines is 2. The molecule has 1 aliphatic rings. The summed E-state index contributed by atoms with van der Waals surface area (Å²) in [4.78, 5) is 42.7. The van der Waals surface area contributed by atoms with E-state index in [9.17, 15) is 32.7 Å². The van der Waals surface area contributed by atoms with Gasteiger partial charge in [-0.15, -0.1) is 0 Å². The van der Waals surface area contributed by atoms with Crippen molar-refractivity contribution in [3.05, 3.63) is 89.0 Å². The molecule has 0 unspecified atom stereocenters. The molecule has 47 heavy (non-hydrogen) atoms. The van der Waals surface area contributed by atoms with Crippen LogP contribution in [-0.2, 0) is 17.5 Å². The molecule has 0 saturated heterocycles. The number of halogens is 3. The Balaban J connectivity index is 1.40. The number of hydrogen-bond acceptors (Lipinski definition) is 7. The number of carbonyl (C=O) groups excluding carboxylic acids is 2. The summed E-state index contributed by atoms with van der Waals surface area (Å²) in [6, 6.07) is 15.0. The minimum Gasteiger partial charge on any atom is -0.495 e. The number of aliphatic hydroxyl groups excluding tert-OH is 1. The van der Waals surface area contributed by atoms with Gasteiger partial charge in [0.05, 0.1) is 36.0 Å². The second kappa shape index (κ2) is 14.2. The summed E-state index contributed by atoms with van der Waals surface area (Å²) < 4.78 is 45.9. The molecular weight excluding hydrogens is 637 g/mol. The average molecular weight is 669 g/mol. The summed E-state index contributed by atoms with van der Waals surface area (Å²) >= 11 is 0.981. The van der Waals surface area contributed by atoms with Gasteiger partial charge in [0.25, 0.3) is 5.91 Å². The monoisotopic (exact) mass is 668 g/mol. The van der Waals surface area contributed by atoms with Gasteiger partial charge in [0.1, 0.15) is 5.75 Å². The minimum absolute atomic E-state index is 0.0149. The van der Waals surface area contributed by atoms with Crippen LogP contribution >= 0.6 is 11.3 Å². The van der Waals surface area contributed by atoms with E-state index >= 15 is 0 Å². The van der Waals surface area contributed by atoms with Crippen molar-refractivity contribution in [1.82, 2.24) is 10.3 Å². The van der Waals surface area contributed by atoms with Crippen LogP contribution in [0.4, 0.5) is 28.8 Å². The van der Waals surface area contributed by atoms with Gasteiger partial charge in [0, 0.05) is 11.3 Å². The molecule has 4 N–H and O–H groups in total. The third-order valence-electron chi connectivity index (χ3n) is 7.60. The van der Waals surface area contributed by atoms with Crippen molar-refractivity contribution < 1.29 is 42.5 Å². The van der Waals surface area contributed by atoms with Gasteiger partial charge < -0.3 is 20.3 Å². The second-order valence-electron chi connectivity index (χ2n) is 10.8. The van der Waals surface area contributed by atoms with Gasteiger partial charge in [0.15, 0.2) is 11.2 Å². The number of urea groups is 1. The van der Waals surface area contributed by atoms with E-state index in [2.05, 4.69) is 21.7 Å². The Kier molecular flexibility index (Phi) is 10.1. The number of nitrogens with one attached hydrogen (secondary N) is 2. The average Bonchev–Trinajstić information content (AvgIpc) is 3.48. The van der Waals surface area contributed by atoms with E-state index in [4.69, 9.17) is 9.84 Å². The molecule has 1 atom stereocenters. The Hall–Kier alpha value is -4.95. The summed E-state index contributed by atoms with van der Waals surface area (Å²) in [7, 11) is 1.26. The van der Waals surface area contributed by atoms with Gasteiger partial charge in [-0.1, -0.05) is 41.7 Å². The molecule has 4 aromatic rings. The molecular formula is C33H31F3N4O6S. The maximum Gasteiger partial charge on any atom is 0.416 e. The molecule has 0 radical (unpaired) electrons. The van der Waals surface area contributed by atoms with Crippen LogP contribution in [-0.4, -0.2) is 52.9 Å². The van der Waals surface area contributed by atoms with Gasteiger partial charge >= 0.3 is 18.2 Å². The van der Waals surface area contributed by atoms with Crippen LogP contribution in [0.25, 0.3) is 15.8 Å². The van der Waals surface area contributed by atoms with E-state index in [1.54, 1.807) is 12.1 Å². The van der Waals surface area contributed by atoms with Crippen LogP contribution in [0.2, 0.25) is 0 Å². The molecule has 5 rings (SSSR count). The molecule has 10 nitrogen and oxygen atoms in total. The molecule has 1 aromatic heterocycles. The molecule has 14 heteroatoms. The first-order valence-corrected chi connectivity index (χ1v) is 15.5. The Labute approximate surface area is 271 Å². The standard InChI is InChI=1S/C33H31F3N4O6S/c1-46-27-16-23(33(34,35)36)15-25-28(27)47-31(38-25)39-32(45)40(24-13-11-21(12-14-24)20-5-3-2-4-6-20)18-19-7-9-22(10-8-19)29(42)37-17-26(41)30(43)44/h5,7-16,26,41H,2-4,6,17-18H2,1H3,(H,37,42)(H,43,44)(H,38,39,45)/t26-/m1/s1. The second-order valence-corrected chi connectivity index (χ2v) is 11.8. The molecule has 3 aromatic carbocycles. The highest BCUT2D eigenvalue weighted by atomic mass is 32.1. The fourth-order valence-corrected chi connectivity index (χ4v) is 6.02. The number of aromatic nitrogens is 1. The van der Waals surface area contributed by atoms with Crippen LogP contribution in [0, 0.1) is 0 Å². The smallest absolute Gasteiger partial charge is 0.416 e. The lowest BCUT2D eigenvalue weighted by atomic mass is 9.93. The van der Waals surface area contributed by atoms with Gasteiger partial charge in [-0.05, 0) is 78.8 Å². The number of carboxylic acids is 1. The van der Waals surface area contributed by atoms with Crippen molar-refractivity contribution in [2.75, 3.05) is 23.9 Å². The summed E-state index contributed by atoms with van der Waals surface area (Å²) in [5, 5.41) is 23.4. The zero-order valence-corrected chi connectivity index (χ0v) is 26.0. The fraction of sp³-hybridized carbons (Fsp3) is 0.273. The normalized spacial score (nSPS) is 13.9. The van der Waals surface area contributed by atoms with E-state index in [0.29, 0.717) is 16.0 Å². The van der Waals surface area contributed by atoms with Crippen LogP contribution in [0.5, 0.6) is 5.75 Å². The maximum absolute atomic E-state index is 13.8. The zero-order valence-electron chi connectivity index (χ0n) is 25.1. The number of nitrogens with zero attached hydrogens (tertiary/aromatic N) is 2. The number of aliphatic hydroxyl groups is 1. The highest BCUT2D eigenvalue weighted by Gasteiger charge is 2.32. The van der Waals surface area contributed by atoms with Crippen LogP contribution in [0.15, 0.2) is 66.7 Å². The summed E-state index contributed by atoms with van der Waals surface area (Å²) in [5.41, 5.74) is 2.80. The summed E-state index contributed by atoms with van der Waals surface area (Å²) in [5.74, 6) is -2.06. The van der Waals surface area contributed by atoms with Gasteiger partial charge in [-0.25, -0.2) is 14.6 Å². The minimum atomic E-state index is -4.61. The number of amides is 3. The Bertz CT molecular complexity index is 1810. The number of aliphatic carboxylic acids is 1. The number of benzene rings is 3. The van der Waals surface area contributed by atoms with Gasteiger partial charge in [-0.2, -0.15) is 13.2 Å². The summed E-state index contributed by atoms with van der Waals surface area (Å²) in [6.07, 6.45) is 0.0978. The van der Waals surface area contributed by atoms with Crippen molar-refractivity contribution in [1.29, 1.82) is 0 Å². The Morgan fingerprint density at radius 3 is 2.40 bits per heavy atom. The highest BCUT2D eigenvalue weighted by Crippen LogP contribution is 2.40. The molecule has 0 fully saturated rings. The van der Waals surface area contributed by atoms with Crippen LogP contribution < -0.4 is 20.3 Å². The molecule has 246 valence electrons. The quantitative estimate of drug-likeness (QED) is 0.148. The maximum atomic E-state index is 13.8. The lowest BCUT2D eigenvalue weighted by molar-refractivity contribution is -0.146. The molecule has 0 spiro atoms. The van der Waals surface area contributed by atoms with Crippen LogP contribution in [0.1, 0.15) is 52.7 Å². The SMILES string of the molecule is COc1cc(C(F)(F)F)cc2nc(NC(=O)N(Cc3ccc(C(=O)NC[C@@H](O)C(=O)O)cc3)c3ccc(C4=CCCCC4)cc3)sc12. The van der Waals surface area contributed by atoms with E-state index in [1.807, 2.05) is 24.3 Å². The van der Waals surface area contributed by atoms with E-state index in [0.717, 1.165) is 54.7 Å². The molecule has 0 aliphatic heterocycles. The number of carbonyl (C=O) groups is 3. The predicted molar refractivity (Wildman–Crippen MR) is 172 cm³/mol. The van der Waals surface area contributed by atoms with Crippen molar-refractivity contribution >= 4 is 55.9 Å². The Morgan fingerprint density at radius 2 is 1.79 bits per heavy atom. The predicted octanol–water partition coefficient (Wildman–Crippen LogP) is 6.70. The number of rotatable bonds is 10. The third-order valence-corrected chi connectivity index (χ3v) is 8.60. The summed E-state index contributed by atoms with van der Waals surface area (Å²) in [6.45, 7) is -0.411. The number of fused-ring (bicyclic) bond motifs is 1. The van der Waals surface area contributed by atoms with Crippen molar-refractivity contribution in [3.8, 4) is 5.75 Å². The fourth-order valence-electron chi connectivity index (χ4n) is 5.09. The van der Waals surface area contributed by atoms with Crippen molar-refractivity contribution in [3.63, 3.8) is 0 Å². The number of methoxy groups -OCH3 is 1. The van der Waals surface area contributed by atoms with Crippen molar-refractivity contribution in [2.45, 2.75) is 44.5 Å². The van der Waals surface area contributed by atoms with Gasteiger partial charge in [0.2, 0.25) is 0 Å². The molecule has 1 aliphatic carbocycles. The third kappa shape index (κ3) is 8.07. The number of thiazole rings is 1. The number of ether oxygens (including phenoxy) is 1. The molecule has 0 saturated carbocycles. The first-order valence-electron chi connectivity index (χ1n) is 14.6. The lowest BCUT2D eigenvalue weighted by Gasteiger charge is -2.24. The number of alkyl halides is 3. The molecule has 0 bridgehead atoms. The first-order chi connectivity index (χ1) is 22.4. The first kappa shape index (κ1) is 33.4. The zero-order chi connectivity index (χ0) is 33.7. The van der Waals surface area contributed by atoms with Gasteiger partial charge in [-0.3, -0.25) is 15.0 Å². The molecule has 3 amide bonds. The van der Waals surface area contributed by atoms with E-state index < -0.39 is 42.3 Å². The Morgan fingerprint density at radius 1 is 1.06 bits per heavy atom. The highest BCUT2D eigenvalue weighted by molar-refractivity contribution is 7.22. The lowest BCUT2D eigenvalue weighted by Crippen LogP contribution is -2.36. The number of carboxylic acid groups (broad SMARTS) is 1.